The molecule has 0 amide bonds. The molecule has 0 saturated heterocycles. The number of hydrogen-bond acceptors (Lipinski definition) is 1. The third kappa shape index (κ3) is 2.39. The normalized spacial score (nSPS) is 11.2. The van der Waals surface area contributed by atoms with Gasteiger partial charge in [0.05, 0.1) is 17.7 Å². The Morgan fingerprint density at radius 2 is 1.12 bits per heavy atom. The van der Waals surface area contributed by atoms with Gasteiger partial charge in [-0.05, 0) is 33.7 Å². The average molecular weight is 320 g/mol. The summed E-state index contributed by atoms with van der Waals surface area (Å²) in [5.74, 6) is 0. The van der Waals surface area contributed by atoms with Gasteiger partial charge in [-0.1, -0.05) is 72.8 Å². The molecule has 0 fully saturated rings. The van der Waals surface area contributed by atoms with E-state index < -0.39 is 0 Å². The van der Waals surface area contributed by atoms with Gasteiger partial charge in [0, 0.05) is 11.1 Å². The first-order chi connectivity index (χ1) is 12.4. The van der Waals surface area contributed by atoms with E-state index in [9.17, 15) is 0 Å². The molecule has 0 saturated carbocycles. The zero-order valence-corrected chi connectivity index (χ0v) is 13.6. The lowest BCUT2D eigenvalue weighted by Crippen LogP contribution is -1.85. The summed E-state index contributed by atoms with van der Waals surface area (Å²) in [5.41, 5.74) is 4.32. The predicted octanol–water partition coefficient (Wildman–Crippen LogP) is 6.05. The van der Waals surface area contributed by atoms with Crippen LogP contribution in [-0.2, 0) is 0 Å². The highest BCUT2D eigenvalue weighted by Crippen LogP contribution is 2.32. The van der Waals surface area contributed by atoms with Crippen molar-refractivity contribution >= 4 is 21.5 Å². The van der Waals surface area contributed by atoms with Crippen molar-refractivity contribution in [1.82, 2.24) is 9.97 Å². The molecule has 0 unspecified atom stereocenters. The molecule has 25 heavy (non-hydrogen) atoms. The highest BCUT2D eigenvalue weighted by atomic mass is 14.9. The van der Waals surface area contributed by atoms with Crippen LogP contribution in [0.1, 0.15) is 0 Å². The van der Waals surface area contributed by atoms with Gasteiger partial charge in [-0.15, -0.1) is 0 Å². The molecule has 0 radical (unpaired) electrons. The van der Waals surface area contributed by atoms with Crippen molar-refractivity contribution in [3.63, 3.8) is 0 Å². The van der Waals surface area contributed by atoms with Gasteiger partial charge in [0.15, 0.2) is 0 Å². The number of hydrogen-bond donors (Lipinski definition) is 1. The van der Waals surface area contributed by atoms with Crippen molar-refractivity contribution in [1.29, 1.82) is 0 Å². The molecule has 5 rings (SSSR count). The highest BCUT2D eigenvalue weighted by molar-refractivity contribution is 5.92. The summed E-state index contributed by atoms with van der Waals surface area (Å²) < 4.78 is 0. The van der Waals surface area contributed by atoms with Crippen molar-refractivity contribution < 1.29 is 0 Å². The Labute approximate surface area is 145 Å². The smallest absolute Gasteiger partial charge is 0.0961 e. The third-order valence-electron chi connectivity index (χ3n) is 4.70. The molecule has 0 aliphatic heterocycles. The minimum atomic E-state index is 0.987. The lowest BCUT2D eigenvalue weighted by atomic mass is 10.00. The number of nitrogens with one attached hydrogen (secondary N) is 1. The summed E-state index contributed by atoms with van der Waals surface area (Å²) in [6.45, 7) is 0. The fourth-order valence-electron chi connectivity index (χ4n) is 3.41. The van der Waals surface area contributed by atoms with Crippen LogP contribution in [-0.4, -0.2) is 9.97 Å². The van der Waals surface area contributed by atoms with E-state index in [2.05, 4.69) is 94.9 Å². The van der Waals surface area contributed by atoms with Gasteiger partial charge in [-0.25, -0.2) is 4.98 Å². The monoisotopic (exact) mass is 320 g/mol. The van der Waals surface area contributed by atoms with E-state index in [4.69, 9.17) is 0 Å². The van der Waals surface area contributed by atoms with Crippen LogP contribution in [0.5, 0.6) is 0 Å². The first-order valence-electron chi connectivity index (χ1n) is 8.40. The zero-order chi connectivity index (χ0) is 16.6. The van der Waals surface area contributed by atoms with Crippen LogP contribution in [0.2, 0.25) is 0 Å². The Bertz CT molecular complexity index is 1110. The zero-order valence-electron chi connectivity index (χ0n) is 13.6. The molecule has 1 heterocycles. The summed E-state index contributed by atoms with van der Waals surface area (Å²) in [5, 5.41) is 4.96. The van der Waals surface area contributed by atoms with Crippen LogP contribution in [0.4, 0.5) is 0 Å². The number of fused-ring (bicyclic) bond motifs is 2. The summed E-state index contributed by atoms with van der Waals surface area (Å²) in [7, 11) is 0. The summed E-state index contributed by atoms with van der Waals surface area (Å²) in [6.07, 6.45) is 1.77. The van der Waals surface area contributed by atoms with Gasteiger partial charge < -0.3 is 4.98 Å². The van der Waals surface area contributed by atoms with Crippen molar-refractivity contribution in [2.24, 2.45) is 0 Å². The number of imidazole rings is 1. The van der Waals surface area contributed by atoms with Gasteiger partial charge in [0.1, 0.15) is 0 Å². The summed E-state index contributed by atoms with van der Waals surface area (Å²) in [4.78, 5) is 7.92. The molecular formula is C23H16N2. The maximum atomic E-state index is 4.59. The maximum Gasteiger partial charge on any atom is 0.0961 e. The molecule has 4 aromatic carbocycles. The Morgan fingerprint density at radius 3 is 1.80 bits per heavy atom. The Hall–Kier alpha value is -3.39. The third-order valence-corrected chi connectivity index (χ3v) is 4.70. The number of aromatic nitrogens is 2. The molecule has 1 N–H and O–H groups in total. The second kappa shape index (κ2) is 5.60. The van der Waals surface area contributed by atoms with E-state index in [0.717, 1.165) is 22.5 Å². The topological polar surface area (TPSA) is 28.7 Å². The first-order valence-corrected chi connectivity index (χ1v) is 8.40. The van der Waals surface area contributed by atoms with Gasteiger partial charge in [-0.3, -0.25) is 0 Å². The van der Waals surface area contributed by atoms with Crippen LogP contribution in [0.15, 0.2) is 91.3 Å². The number of aromatic amines is 1. The fraction of sp³-hybridized carbons (Fsp3) is 0. The van der Waals surface area contributed by atoms with E-state index in [1.54, 1.807) is 6.33 Å². The van der Waals surface area contributed by atoms with Gasteiger partial charge in [0.25, 0.3) is 0 Å². The van der Waals surface area contributed by atoms with Gasteiger partial charge in [-0.2, -0.15) is 0 Å². The first kappa shape index (κ1) is 14.0. The van der Waals surface area contributed by atoms with Crippen LogP contribution in [0, 0.1) is 0 Å². The van der Waals surface area contributed by atoms with Crippen LogP contribution in [0.25, 0.3) is 44.1 Å². The average Bonchev–Trinajstić information content (AvgIpc) is 3.17. The SMILES string of the molecule is c1ccc2cc(-c3nc[nH]c3-c3ccc4ccccc4c3)ccc2c1. The molecule has 0 bridgehead atoms. The lowest BCUT2D eigenvalue weighted by molar-refractivity contribution is 1.31. The van der Waals surface area contributed by atoms with Crippen molar-refractivity contribution in [3.05, 3.63) is 91.3 Å². The molecule has 118 valence electrons. The van der Waals surface area contributed by atoms with Gasteiger partial charge in [0.2, 0.25) is 0 Å². The van der Waals surface area contributed by atoms with E-state index >= 15 is 0 Å². The maximum absolute atomic E-state index is 4.59. The molecule has 2 nitrogen and oxygen atoms in total. The Morgan fingerprint density at radius 1 is 0.560 bits per heavy atom. The van der Waals surface area contributed by atoms with E-state index in [1.807, 2.05) is 0 Å². The molecule has 0 atom stereocenters. The van der Waals surface area contributed by atoms with Crippen LogP contribution < -0.4 is 0 Å². The van der Waals surface area contributed by atoms with Crippen molar-refractivity contribution in [3.8, 4) is 22.5 Å². The minimum absolute atomic E-state index is 0.987. The Balaban J connectivity index is 1.67. The lowest BCUT2D eigenvalue weighted by Gasteiger charge is -2.06. The Kier molecular flexibility index (Phi) is 3.14. The van der Waals surface area contributed by atoms with Crippen molar-refractivity contribution in [2.75, 3.05) is 0 Å². The molecule has 5 aromatic rings. The molecule has 0 aliphatic carbocycles. The molecular weight excluding hydrogens is 304 g/mol. The second-order valence-electron chi connectivity index (χ2n) is 6.25. The molecule has 0 spiro atoms. The van der Waals surface area contributed by atoms with Crippen LogP contribution in [0.3, 0.4) is 0 Å². The minimum Gasteiger partial charge on any atom is -0.344 e. The molecule has 2 heteroatoms. The quantitative estimate of drug-likeness (QED) is 0.421. The summed E-state index contributed by atoms with van der Waals surface area (Å²) >= 11 is 0. The van der Waals surface area contributed by atoms with E-state index in [-0.39, 0.29) is 0 Å². The van der Waals surface area contributed by atoms with E-state index in [0.29, 0.717) is 0 Å². The van der Waals surface area contributed by atoms with Gasteiger partial charge >= 0.3 is 0 Å². The molecule has 1 aromatic heterocycles. The second-order valence-corrected chi connectivity index (χ2v) is 6.25. The number of benzene rings is 4. The van der Waals surface area contributed by atoms with Crippen LogP contribution >= 0.6 is 0 Å². The summed E-state index contributed by atoms with van der Waals surface area (Å²) in [6, 6.07) is 29.9. The van der Waals surface area contributed by atoms with E-state index in [1.165, 1.54) is 21.5 Å². The molecule has 0 aliphatic rings. The highest BCUT2D eigenvalue weighted by Gasteiger charge is 2.11. The largest absolute Gasteiger partial charge is 0.344 e. The predicted molar refractivity (Wildman–Crippen MR) is 104 cm³/mol. The number of rotatable bonds is 2. The fourth-order valence-corrected chi connectivity index (χ4v) is 3.41. The number of H-pyrrole nitrogens is 1. The van der Waals surface area contributed by atoms with Crippen molar-refractivity contribution in [2.45, 2.75) is 0 Å². The number of nitrogens with zero attached hydrogens (tertiary/aromatic N) is 1. The standard InChI is InChI=1S/C23H16N2/c1-3-7-18-13-20(11-9-16(18)5-1)22-23(25-15-24-22)21-12-10-17-6-2-4-8-19(17)14-21/h1-15H,(H,24,25).